The average Bonchev–Trinajstić information content (AvgIpc) is 2.88. The molecule has 0 radical (unpaired) electrons. The van der Waals surface area contributed by atoms with Crippen molar-refractivity contribution in [3.05, 3.63) is 23.3 Å². The van der Waals surface area contributed by atoms with E-state index in [1.807, 2.05) is 19.1 Å². The molecule has 0 atom stereocenters. The first-order valence-corrected chi connectivity index (χ1v) is 6.52. The van der Waals surface area contributed by atoms with Crippen LogP contribution in [0.3, 0.4) is 0 Å². The molecule has 1 fully saturated rings. The van der Waals surface area contributed by atoms with Crippen molar-refractivity contribution in [2.24, 2.45) is 0 Å². The molecule has 0 amide bonds. The third-order valence-corrected chi connectivity index (χ3v) is 4.09. The Morgan fingerprint density at radius 2 is 1.84 bits per heavy atom. The van der Waals surface area contributed by atoms with Gasteiger partial charge in [0.2, 0.25) is 0 Å². The normalized spacial score (nSPS) is 17.2. The molecule has 1 saturated carbocycles. The summed E-state index contributed by atoms with van der Waals surface area (Å²) >= 11 is 0. The second kappa shape index (κ2) is 5.11. The minimum atomic E-state index is -0.872. The summed E-state index contributed by atoms with van der Waals surface area (Å²) in [7, 11) is 3.15. The van der Waals surface area contributed by atoms with Gasteiger partial charge in [-0.3, -0.25) is 4.79 Å². The van der Waals surface area contributed by atoms with E-state index < -0.39 is 11.4 Å². The van der Waals surface area contributed by atoms with Gasteiger partial charge < -0.3 is 14.6 Å². The number of methoxy groups -OCH3 is 2. The number of carbonyl (C=O) groups is 1. The maximum absolute atomic E-state index is 11.9. The van der Waals surface area contributed by atoms with Gasteiger partial charge in [0, 0.05) is 0 Å². The number of carboxylic acids is 1. The fourth-order valence-corrected chi connectivity index (χ4v) is 3.10. The molecule has 1 aliphatic rings. The van der Waals surface area contributed by atoms with Crippen LogP contribution < -0.4 is 9.47 Å². The summed E-state index contributed by atoms with van der Waals surface area (Å²) in [6.07, 6.45) is 3.12. The number of aliphatic carboxylic acids is 1. The Hall–Kier alpha value is -1.71. The molecule has 0 bridgehead atoms. The molecule has 0 saturated heterocycles. The van der Waals surface area contributed by atoms with Gasteiger partial charge in [-0.25, -0.2) is 0 Å². The fourth-order valence-electron chi connectivity index (χ4n) is 3.10. The number of rotatable bonds is 4. The third kappa shape index (κ3) is 2.05. The number of hydrogen-bond acceptors (Lipinski definition) is 3. The van der Waals surface area contributed by atoms with Gasteiger partial charge in [0.05, 0.1) is 25.2 Å². The quantitative estimate of drug-likeness (QED) is 0.908. The van der Waals surface area contributed by atoms with E-state index >= 15 is 0 Å². The van der Waals surface area contributed by atoms with Crippen LogP contribution in [0, 0.1) is 6.92 Å². The molecule has 4 heteroatoms. The monoisotopic (exact) mass is 264 g/mol. The lowest BCUT2D eigenvalue weighted by Crippen LogP contribution is -2.33. The molecule has 1 aliphatic carbocycles. The number of aryl methyl sites for hydroxylation is 1. The molecule has 1 N–H and O–H groups in total. The van der Waals surface area contributed by atoms with Crippen molar-refractivity contribution >= 4 is 5.97 Å². The first-order chi connectivity index (χ1) is 9.06. The van der Waals surface area contributed by atoms with E-state index in [9.17, 15) is 9.90 Å². The van der Waals surface area contributed by atoms with Crippen molar-refractivity contribution in [1.82, 2.24) is 0 Å². The summed E-state index contributed by atoms with van der Waals surface area (Å²) in [4.78, 5) is 11.9. The predicted octanol–water partition coefficient (Wildman–Crippen LogP) is 2.91. The molecule has 0 aromatic heterocycles. The predicted molar refractivity (Wildman–Crippen MR) is 72.1 cm³/mol. The number of hydrogen-bond donors (Lipinski definition) is 1. The van der Waals surface area contributed by atoms with E-state index in [-0.39, 0.29) is 0 Å². The molecule has 0 aliphatic heterocycles. The summed E-state index contributed by atoms with van der Waals surface area (Å²) in [6, 6.07) is 3.72. The minimum absolute atomic E-state index is 0.603. The fraction of sp³-hybridized carbons (Fsp3) is 0.533. The zero-order valence-corrected chi connectivity index (χ0v) is 11.7. The Morgan fingerprint density at radius 1 is 1.21 bits per heavy atom. The van der Waals surface area contributed by atoms with Gasteiger partial charge >= 0.3 is 5.97 Å². The van der Waals surface area contributed by atoms with E-state index in [4.69, 9.17) is 9.47 Å². The highest BCUT2D eigenvalue weighted by molar-refractivity contribution is 5.84. The van der Waals surface area contributed by atoms with E-state index in [1.165, 1.54) is 0 Å². The lowest BCUT2D eigenvalue weighted by atomic mass is 9.77. The average molecular weight is 264 g/mol. The second-order valence-electron chi connectivity index (χ2n) is 5.09. The molecule has 0 heterocycles. The summed E-state index contributed by atoms with van der Waals surface area (Å²) in [5.41, 5.74) is 0.760. The summed E-state index contributed by atoms with van der Waals surface area (Å²) in [5.74, 6) is 0.461. The van der Waals surface area contributed by atoms with Gasteiger partial charge in [0.25, 0.3) is 0 Å². The van der Waals surface area contributed by atoms with Gasteiger partial charge in [-0.15, -0.1) is 0 Å². The van der Waals surface area contributed by atoms with Crippen molar-refractivity contribution in [2.45, 2.75) is 38.0 Å². The largest absolute Gasteiger partial charge is 0.496 e. The van der Waals surface area contributed by atoms with Crippen LogP contribution >= 0.6 is 0 Å². The molecular formula is C15H20O4. The van der Waals surface area contributed by atoms with Crippen molar-refractivity contribution in [2.75, 3.05) is 14.2 Å². The van der Waals surface area contributed by atoms with Crippen LogP contribution in [-0.4, -0.2) is 25.3 Å². The van der Waals surface area contributed by atoms with E-state index in [0.717, 1.165) is 18.4 Å². The van der Waals surface area contributed by atoms with Gasteiger partial charge in [-0.2, -0.15) is 0 Å². The Bertz CT molecular complexity index is 487. The number of carboxylic acid groups (broad SMARTS) is 1. The first-order valence-electron chi connectivity index (χ1n) is 6.52. The van der Waals surface area contributed by atoms with Crippen molar-refractivity contribution in [3.8, 4) is 11.5 Å². The molecule has 1 aromatic rings. The van der Waals surface area contributed by atoms with Gasteiger partial charge in [-0.05, 0) is 31.4 Å². The van der Waals surface area contributed by atoms with Crippen LogP contribution in [0.5, 0.6) is 11.5 Å². The highest BCUT2D eigenvalue weighted by Crippen LogP contribution is 2.49. The van der Waals surface area contributed by atoms with Gasteiger partial charge in [0.1, 0.15) is 11.5 Å². The first kappa shape index (κ1) is 13.7. The molecule has 0 spiro atoms. The number of benzene rings is 1. The van der Waals surface area contributed by atoms with E-state index in [0.29, 0.717) is 29.9 Å². The van der Waals surface area contributed by atoms with Gasteiger partial charge in [0.15, 0.2) is 0 Å². The highest BCUT2D eigenvalue weighted by Gasteiger charge is 2.47. The van der Waals surface area contributed by atoms with E-state index in [2.05, 4.69) is 0 Å². The lowest BCUT2D eigenvalue weighted by molar-refractivity contribution is -0.143. The molecular weight excluding hydrogens is 244 g/mol. The SMILES string of the molecule is COc1ccc(C)c(OC)c1C1(C(=O)O)CCCC1. The van der Waals surface area contributed by atoms with Crippen LogP contribution in [0.1, 0.15) is 36.8 Å². The molecule has 104 valence electrons. The summed E-state index contributed by atoms with van der Waals surface area (Å²) in [5, 5.41) is 9.74. The third-order valence-electron chi connectivity index (χ3n) is 4.09. The Labute approximate surface area is 113 Å². The molecule has 0 unspecified atom stereocenters. The van der Waals surface area contributed by atoms with Crippen LogP contribution in [0.4, 0.5) is 0 Å². The highest BCUT2D eigenvalue weighted by atomic mass is 16.5. The van der Waals surface area contributed by atoms with E-state index in [1.54, 1.807) is 14.2 Å². The van der Waals surface area contributed by atoms with Crippen LogP contribution in [0.2, 0.25) is 0 Å². The summed E-state index contributed by atoms with van der Waals surface area (Å²) < 4.78 is 10.8. The van der Waals surface area contributed by atoms with Gasteiger partial charge in [-0.1, -0.05) is 18.9 Å². The topological polar surface area (TPSA) is 55.8 Å². The number of ether oxygens (including phenoxy) is 2. The van der Waals surface area contributed by atoms with Crippen LogP contribution in [0.25, 0.3) is 0 Å². The van der Waals surface area contributed by atoms with Crippen molar-refractivity contribution in [3.63, 3.8) is 0 Å². The van der Waals surface area contributed by atoms with Crippen LogP contribution in [0.15, 0.2) is 12.1 Å². The standard InChI is InChI=1S/C15H20O4/c1-10-6-7-11(18-2)12(13(10)19-3)15(14(16)17)8-4-5-9-15/h6-7H,4-5,8-9H2,1-3H3,(H,16,17). The maximum Gasteiger partial charge on any atom is 0.314 e. The lowest BCUT2D eigenvalue weighted by Gasteiger charge is -2.29. The Kier molecular flexibility index (Phi) is 3.69. The minimum Gasteiger partial charge on any atom is -0.496 e. The summed E-state index contributed by atoms with van der Waals surface area (Å²) in [6.45, 7) is 1.92. The molecule has 4 nitrogen and oxygen atoms in total. The second-order valence-corrected chi connectivity index (χ2v) is 5.09. The molecule has 19 heavy (non-hydrogen) atoms. The van der Waals surface area contributed by atoms with Crippen LogP contribution in [-0.2, 0) is 10.2 Å². The smallest absolute Gasteiger partial charge is 0.314 e. The zero-order chi connectivity index (χ0) is 14.0. The zero-order valence-electron chi connectivity index (χ0n) is 11.7. The molecule has 2 rings (SSSR count). The Balaban J connectivity index is 2.71. The molecule has 1 aromatic carbocycles. The van der Waals surface area contributed by atoms with Crippen molar-refractivity contribution < 1.29 is 19.4 Å². The maximum atomic E-state index is 11.9. The Morgan fingerprint density at radius 3 is 2.32 bits per heavy atom. The van der Waals surface area contributed by atoms with Crippen molar-refractivity contribution in [1.29, 1.82) is 0 Å².